The molecule has 104 valence electrons. The van der Waals surface area contributed by atoms with Gasteiger partial charge >= 0.3 is 0 Å². The van der Waals surface area contributed by atoms with Gasteiger partial charge in [0, 0.05) is 16.5 Å². The predicted molar refractivity (Wildman–Crippen MR) is 78.6 cm³/mol. The highest BCUT2D eigenvalue weighted by atomic mass is 79.9. The van der Waals surface area contributed by atoms with E-state index in [0.717, 1.165) is 29.3 Å². The third kappa shape index (κ3) is 5.42. The molecule has 0 unspecified atom stereocenters. The average Bonchev–Trinajstić information content (AvgIpc) is 2.39. The molecule has 0 aliphatic heterocycles. The van der Waals surface area contributed by atoms with E-state index < -0.39 is 0 Å². The normalized spacial score (nSPS) is 10.1. The fourth-order valence-electron chi connectivity index (χ4n) is 1.53. The first-order valence-corrected chi connectivity index (χ1v) is 7.19. The SMILES string of the molecule is CCCCCC(=O)NNC(=O)c1ccc(C)c(Br)c1. The lowest BCUT2D eigenvalue weighted by Gasteiger charge is -2.08. The molecule has 0 saturated carbocycles. The van der Waals surface area contributed by atoms with E-state index >= 15 is 0 Å². The molecule has 5 heteroatoms. The molecule has 0 aliphatic carbocycles. The lowest BCUT2D eigenvalue weighted by molar-refractivity contribution is -0.121. The first-order valence-electron chi connectivity index (χ1n) is 6.40. The highest BCUT2D eigenvalue weighted by molar-refractivity contribution is 9.10. The summed E-state index contributed by atoms with van der Waals surface area (Å²) in [6.45, 7) is 4.02. The zero-order chi connectivity index (χ0) is 14.3. The van der Waals surface area contributed by atoms with Crippen LogP contribution in [0.1, 0.15) is 48.5 Å². The molecule has 0 fully saturated rings. The van der Waals surface area contributed by atoms with Gasteiger partial charge in [0.15, 0.2) is 0 Å². The Morgan fingerprint density at radius 2 is 1.95 bits per heavy atom. The fraction of sp³-hybridized carbons (Fsp3) is 0.429. The summed E-state index contributed by atoms with van der Waals surface area (Å²) in [5, 5.41) is 0. The molecule has 0 aromatic heterocycles. The van der Waals surface area contributed by atoms with Gasteiger partial charge < -0.3 is 0 Å². The van der Waals surface area contributed by atoms with Crippen LogP contribution >= 0.6 is 15.9 Å². The van der Waals surface area contributed by atoms with Crippen molar-refractivity contribution in [3.8, 4) is 0 Å². The Kier molecular flexibility index (Phi) is 6.56. The van der Waals surface area contributed by atoms with Crippen LogP contribution in [0, 0.1) is 6.92 Å². The maximum absolute atomic E-state index is 11.8. The predicted octanol–water partition coefficient (Wildman–Crippen LogP) is 3.10. The van der Waals surface area contributed by atoms with Gasteiger partial charge in [-0.1, -0.05) is 41.8 Å². The van der Waals surface area contributed by atoms with Gasteiger partial charge in [-0.05, 0) is 31.0 Å². The molecule has 0 bridgehead atoms. The highest BCUT2D eigenvalue weighted by Gasteiger charge is 2.08. The summed E-state index contributed by atoms with van der Waals surface area (Å²) in [5.74, 6) is -0.475. The molecule has 2 amide bonds. The number of unbranched alkanes of at least 4 members (excludes halogenated alkanes) is 2. The van der Waals surface area contributed by atoms with Crippen molar-refractivity contribution in [2.75, 3.05) is 0 Å². The van der Waals surface area contributed by atoms with E-state index in [2.05, 4.69) is 33.7 Å². The summed E-state index contributed by atoms with van der Waals surface area (Å²) in [4.78, 5) is 23.2. The number of carbonyl (C=O) groups excluding carboxylic acids is 2. The fourth-order valence-corrected chi connectivity index (χ4v) is 1.91. The van der Waals surface area contributed by atoms with Crippen molar-refractivity contribution in [3.63, 3.8) is 0 Å². The van der Waals surface area contributed by atoms with Gasteiger partial charge in [0.1, 0.15) is 0 Å². The van der Waals surface area contributed by atoms with E-state index in [0.29, 0.717) is 12.0 Å². The number of nitrogens with one attached hydrogen (secondary N) is 2. The Balaban J connectivity index is 2.42. The molecular formula is C14H19BrN2O2. The van der Waals surface area contributed by atoms with E-state index in [-0.39, 0.29) is 11.8 Å². The van der Waals surface area contributed by atoms with Gasteiger partial charge in [-0.15, -0.1) is 0 Å². The molecule has 0 saturated heterocycles. The van der Waals surface area contributed by atoms with Crippen LogP contribution in [0.3, 0.4) is 0 Å². The highest BCUT2D eigenvalue weighted by Crippen LogP contribution is 2.17. The second-order valence-corrected chi connectivity index (χ2v) is 5.28. The number of hydrazine groups is 1. The number of halogens is 1. The molecular weight excluding hydrogens is 308 g/mol. The van der Waals surface area contributed by atoms with Crippen molar-refractivity contribution in [3.05, 3.63) is 33.8 Å². The molecule has 0 atom stereocenters. The van der Waals surface area contributed by atoms with Gasteiger partial charge in [0.2, 0.25) is 5.91 Å². The number of benzene rings is 1. The van der Waals surface area contributed by atoms with E-state index in [1.54, 1.807) is 12.1 Å². The lowest BCUT2D eigenvalue weighted by atomic mass is 10.1. The van der Waals surface area contributed by atoms with Crippen molar-refractivity contribution in [1.29, 1.82) is 0 Å². The van der Waals surface area contributed by atoms with Gasteiger partial charge in [0.25, 0.3) is 5.91 Å². The summed E-state index contributed by atoms with van der Waals surface area (Å²) in [6.07, 6.45) is 3.36. The molecule has 0 radical (unpaired) electrons. The van der Waals surface area contributed by atoms with Gasteiger partial charge in [-0.2, -0.15) is 0 Å². The van der Waals surface area contributed by atoms with Crippen molar-refractivity contribution >= 4 is 27.7 Å². The third-order valence-corrected chi connectivity index (χ3v) is 3.61. The average molecular weight is 327 g/mol. The summed E-state index contributed by atoms with van der Waals surface area (Å²) in [5.41, 5.74) is 6.39. The minimum absolute atomic E-state index is 0.159. The molecule has 2 N–H and O–H groups in total. The number of carbonyl (C=O) groups is 2. The Labute approximate surface area is 122 Å². The monoisotopic (exact) mass is 326 g/mol. The van der Waals surface area contributed by atoms with Gasteiger partial charge in [-0.3, -0.25) is 20.4 Å². The molecule has 19 heavy (non-hydrogen) atoms. The Morgan fingerprint density at radius 3 is 2.58 bits per heavy atom. The van der Waals surface area contributed by atoms with Crippen molar-refractivity contribution in [1.82, 2.24) is 10.9 Å². The Hall–Kier alpha value is -1.36. The van der Waals surface area contributed by atoms with Crippen LogP contribution in [0.15, 0.2) is 22.7 Å². The van der Waals surface area contributed by atoms with Crippen molar-refractivity contribution in [2.45, 2.75) is 39.5 Å². The van der Waals surface area contributed by atoms with Crippen molar-refractivity contribution in [2.24, 2.45) is 0 Å². The van der Waals surface area contributed by atoms with Crippen LogP contribution in [0.5, 0.6) is 0 Å². The van der Waals surface area contributed by atoms with Crippen molar-refractivity contribution < 1.29 is 9.59 Å². The number of hydrogen-bond donors (Lipinski definition) is 2. The number of amides is 2. The van der Waals surface area contributed by atoms with E-state index in [9.17, 15) is 9.59 Å². The van der Waals surface area contributed by atoms with Gasteiger partial charge in [-0.25, -0.2) is 0 Å². The van der Waals surface area contributed by atoms with Crippen LogP contribution < -0.4 is 10.9 Å². The summed E-state index contributed by atoms with van der Waals surface area (Å²) >= 11 is 3.37. The second kappa shape index (κ2) is 7.94. The van der Waals surface area contributed by atoms with Crippen LogP contribution in [-0.4, -0.2) is 11.8 Å². The Bertz CT molecular complexity index is 461. The smallest absolute Gasteiger partial charge is 0.269 e. The molecule has 1 aromatic rings. The first kappa shape index (κ1) is 15.7. The standard InChI is InChI=1S/C14H19BrN2O2/c1-3-4-5-6-13(18)16-17-14(19)11-8-7-10(2)12(15)9-11/h7-9H,3-6H2,1-2H3,(H,16,18)(H,17,19). The molecule has 0 aliphatic rings. The number of hydrogen-bond acceptors (Lipinski definition) is 2. The first-order chi connectivity index (χ1) is 9.04. The molecule has 1 rings (SSSR count). The molecule has 4 nitrogen and oxygen atoms in total. The van der Waals surface area contributed by atoms with E-state index in [1.807, 2.05) is 13.0 Å². The zero-order valence-electron chi connectivity index (χ0n) is 11.3. The lowest BCUT2D eigenvalue weighted by Crippen LogP contribution is -2.41. The molecule has 1 aromatic carbocycles. The second-order valence-electron chi connectivity index (χ2n) is 4.42. The van der Waals surface area contributed by atoms with Gasteiger partial charge in [0.05, 0.1) is 0 Å². The quantitative estimate of drug-likeness (QED) is 0.645. The summed E-state index contributed by atoms with van der Waals surface area (Å²) < 4.78 is 0.870. The molecule has 0 spiro atoms. The largest absolute Gasteiger partial charge is 0.273 e. The van der Waals surface area contributed by atoms with Crippen LogP contribution in [0.2, 0.25) is 0 Å². The van der Waals surface area contributed by atoms with E-state index in [4.69, 9.17) is 0 Å². The maximum atomic E-state index is 11.8. The third-order valence-electron chi connectivity index (χ3n) is 2.76. The summed E-state index contributed by atoms with van der Waals surface area (Å²) in [6, 6.07) is 5.30. The van der Waals surface area contributed by atoms with E-state index in [1.165, 1.54) is 0 Å². The van der Waals surface area contributed by atoms with Crippen LogP contribution in [-0.2, 0) is 4.79 Å². The number of rotatable bonds is 5. The maximum Gasteiger partial charge on any atom is 0.269 e. The zero-order valence-corrected chi connectivity index (χ0v) is 12.8. The minimum Gasteiger partial charge on any atom is -0.273 e. The topological polar surface area (TPSA) is 58.2 Å². The van der Waals surface area contributed by atoms with Crippen LogP contribution in [0.4, 0.5) is 0 Å². The Morgan fingerprint density at radius 1 is 1.21 bits per heavy atom. The number of aryl methyl sites for hydroxylation is 1. The molecule has 0 heterocycles. The summed E-state index contributed by atoms with van der Waals surface area (Å²) in [7, 11) is 0. The minimum atomic E-state index is -0.315. The van der Waals surface area contributed by atoms with Crippen LogP contribution in [0.25, 0.3) is 0 Å².